The maximum Gasteiger partial charge on any atom is 0.0168 e. The average Bonchev–Trinajstić information content (AvgIpc) is 2.48. The van der Waals surface area contributed by atoms with Crippen LogP contribution in [-0.4, -0.2) is 19.1 Å². The summed E-state index contributed by atoms with van der Waals surface area (Å²) in [5.41, 5.74) is 7.54. The number of rotatable bonds is 12. The molecule has 2 nitrogen and oxygen atoms in total. The van der Waals surface area contributed by atoms with Crippen LogP contribution in [0.25, 0.3) is 0 Å². The molecular formula is C19H34N2. The van der Waals surface area contributed by atoms with Gasteiger partial charge in [0, 0.05) is 12.6 Å². The lowest BCUT2D eigenvalue weighted by Crippen LogP contribution is -2.34. The first-order chi connectivity index (χ1) is 10.2. The van der Waals surface area contributed by atoms with Gasteiger partial charge in [0.1, 0.15) is 0 Å². The molecule has 0 radical (unpaired) electrons. The molecule has 1 aromatic rings. The molecule has 0 spiro atoms. The summed E-state index contributed by atoms with van der Waals surface area (Å²) in [5.74, 6) is 0.853. The molecule has 1 atom stereocenters. The summed E-state index contributed by atoms with van der Waals surface area (Å²) < 4.78 is 0. The fourth-order valence-corrected chi connectivity index (χ4v) is 2.54. The second-order valence-corrected chi connectivity index (χ2v) is 6.59. The van der Waals surface area contributed by atoms with Gasteiger partial charge in [-0.05, 0) is 37.3 Å². The third-order valence-electron chi connectivity index (χ3n) is 3.94. The molecule has 1 unspecified atom stereocenters. The van der Waals surface area contributed by atoms with E-state index >= 15 is 0 Å². The smallest absolute Gasteiger partial charge is 0.0168 e. The van der Waals surface area contributed by atoms with E-state index in [1.165, 1.54) is 37.7 Å². The van der Waals surface area contributed by atoms with Crippen molar-refractivity contribution in [1.82, 2.24) is 5.32 Å². The van der Waals surface area contributed by atoms with Crippen molar-refractivity contribution >= 4 is 0 Å². The van der Waals surface area contributed by atoms with E-state index in [4.69, 9.17) is 5.73 Å². The molecule has 0 saturated carbocycles. The van der Waals surface area contributed by atoms with E-state index < -0.39 is 0 Å². The fraction of sp³-hybridized carbons (Fsp3) is 0.684. The van der Waals surface area contributed by atoms with E-state index in [2.05, 4.69) is 49.5 Å². The number of benzene rings is 1. The van der Waals surface area contributed by atoms with E-state index in [1.54, 1.807) is 0 Å². The Morgan fingerprint density at radius 2 is 1.67 bits per heavy atom. The normalized spacial score (nSPS) is 12.8. The molecule has 0 aliphatic carbocycles. The third-order valence-corrected chi connectivity index (χ3v) is 3.94. The van der Waals surface area contributed by atoms with Gasteiger partial charge in [-0.25, -0.2) is 0 Å². The van der Waals surface area contributed by atoms with Crippen LogP contribution in [0.1, 0.15) is 57.9 Å². The molecule has 0 bridgehead atoms. The lowest BCUT2D eigenvalue weighted by atomic mass is 10.0. The second-order valence-electron chi connectivity index (χ2n) is 6.59. The number of nitrogens with one attached hydrogen (secondary N) is 1. The van der Waals surface area contributed by atoms with E-state index in [1.807, 2.05) is 0 Å². The zero-order valence-corrected chi connectivity index (χ0v) is 14.0. The number of nitrogens with two attached hydrogens (primary N) is 1. The quantitative estimate of drug-likeness (QED) is 0.568. The van der Waals surface area contributed by atoms with Crippen LogP contribution >= 0.6 is 0 Å². The average molecular weight is 290 g/mol. The van der Waals surface area contributed by atoms with Crippen LogP contribution in [0.4, 0.5) is 0 Å². The van der Waals surface area contributed by atoms with Crippen LogP contribution in [0.15, 0.2) is 30.3 Å². The highest BCUT2D eigenvalue weighted by atomic mass is 14.9. The molecule has 2 heteroatoms. The van der Waals surface area contributed by atoms with Gasteiger partial charge >= 0.3 is 0 Å². The monoisotopic (exact) mass is 290 g/mol. The molecule has 1 aromatic carbocycles. The zero-order chi connectivity index (χ0) is 15.3. The Morgan fingerprint density at radius 3 is 2.38 bits per heavy atom. The Kier molecular flexibility index (Phi) is 10.2. The number of hydrogen-bond acceptors (Lipinski definition) is 2. The van der Waals surface area contributed by atoms with Gasteiger partial charge in [0.2, 0.25) is 0 Å². The Morgan fingerprint density at radius 1 is 0.952 bits per heavy atom. The topological polar surface area (TPSA) is 38.0 Å². The summed E-state index contributed by atoms with van der Waals surface area (Å²) in [4.78, 5) is 0. The van der Waals surface area contributed by atoms with E-state index in [0.29, 0.717) is 0 Å². The second kappa shape index (κ2) is 11.8. The highest BCUT2D eigenvalue weighted by Crippen LogP contribution is 2.09. The highest BCUT2D eigenvalue weighted by Gasteiger charge is 2.02. The van der Waals surface area contributed by atoms with Crippen molar-refractivity contribution in [3.05, 3.63) is 35.9 Å². The van der Waals surface area contributed by atoms with Crippen molar-refractivity contribution in [2.75, 3.05) is 13.1 Å². The third kappa shape index (κ3) is 10.5. The van der Waals surface area contributed by atoms with Gasteiger partial charge in [-0.1, -0.05) is 69.9 Å². The molecule has 0 fully saturated rings. The van der Waals surface area contributed by atoms with E-state index in [0.717, 1.165) is 31.8 Å². The number of hydrogen-bond donors (Lipinski definition) is 2. The Labute approximate surface area is 131 Å². The van der Waals surface area contributed by atoms with Gasteiger partial charge in [0.15, 0.2) is 0 Å². The molecule has 1 rings (SSSR count). The number of aryl methyl sites for hydroxylation is 1. The summed E-state index contributed by atoms with van der Waals surface area (Å²) in [5, 5.41) is 3.50. The van der Waals surface area contributed by atoms with Gasteiger partial charge in [0.05, 0.1) is 0 Å². The summed E-state index contributed by atoms with van der Waals surface area (Å²) in [6.07, 6.45) is 8.90. The summed E-state index contributed by atoms with van der Waals surface area (Å²) >= 11 is 0. The van der Waals surface area contributed by atoms with Gasteiger partial charge in [-0.15, -0.1) is 0 Å². The van der Waals surface area contributed by atoms with Crippen molar-refractivity contribution < 1.29 is 0 Å². The highest BCUT2D eigenvalue weighted by molar-refractivity contribution is 5.14. The van der Waals surface area contributed by atoms with Crippen molar-refractivity contribution in [3.63, 3.8) is 0 Å². The molecule has 0 aliphatic rings. The van der Waals surface area contributed by atoms with E-state index in [9.17, 15) is 0 Å². The first-order valence-corrected chi connectivity index (χ1v) is 8.68. The first-order valence-electron chi connectivity index (χ1n) is 8.68. The zero-order valence-electron chi connectivity index (χ0n) is 14.0. The van der Waals surface area contributed by atoms with Crippen molar-refractivity contribution in [2.45, 2.75) is 64.8 Å². The van der Waals surface area contributed by atoms with Crippen molar-refractivity contribution in [3.8, 4) is 0 Å². The minimum Gasteiger partial charge on any atom is -0.327 e. The number of unbranched alkanes of at least 4 members (excludes halogenated alkanes) is 3. The molecule has 21 heavy (non-hydrogen) atoms. The molecule has 0 aliphatic heterocycles. The Balaban J connectivity index is 1.90. The van der Waals surface area contributed by atoms with Crippen molar-refractivity contribution in [1.29, 1.82) is 0 Å². The molecule has 120 valence electrons. The molecule has 0 heterocycles. The van der Waals surface area contributed by atoms with Gasteiger partial charge in [-0.3, -0.25) is 0 Å². The van der Waals surface area contributed by atoms with Gasteiger partial charge in [0.25, 0.3) is 0 Å². The Hall–Kier alpha value is -0.860. The SMILES string of the molecule is CC(C)CCCCCCNCC(N)CCc1ccccc1. The standard InChI is InChI=1S/C19H34N2/c1-17(2)10-6-3-4-9-15-21-16-19(20)14-13-18-11-7-5-8-12-18/h5,7-8,11-12,17,19,21H,3-4,6,9-10,13-16,20H2,1-2H3. The largest absolute Gasteiger partial charge is 0.327 e. The van der Waals surface area contributed by atoms with Crippen LogP contribution in [-0.2, 0) is 6.42 Å². The van der Waals surface area contributed by atoms with Gasteiger partial charge < -0.3 is 11.1 Å². The maximum absolute atomic E-state index is 6.15. The minimum atomic E-state index is 0.270. The van der Waals surface area contributed by atoms with Gasteiger partial charge in [-0.2, -0.15) is 0 Å². The van der Waals surface area contributed by atoms with Crippen LogP contribution < -0.4 is 11.1 Å². The first kappa shape index (κ1) is 18.2. The predicted molar refractivity (Wildman–Crippen MR) is 93.5 cm³/mol. The molecule has 0 amide bonds. The lowest BCUT2D eigenvalue weighted by molar-refractivity contribution is 0.499. The predicted octanol–water partition coefficient (Wildman–Crippen LogP) is 4.14. The molecule has 3 N–H and O–H groups in total. The molecular weight excluding hydrogens is 256 g/mol. The minimum absolute atomic E-state index is 0.270. The Bertz CT molecular complexity index is 335. The molecule has 0 saturated heterocycles. The lowest BCUT2D eigenvalue weighted by Gasteiger charge is -2.13. The summed E-state index contributed by atoms with van der Waals surface area (Å²) in [6.45, 7) is 6.66. The summed E-state index contributed by atoms with van der Waals surface area (Å²) in [6, 6.07) is 10.9. The molecule has 0 aromatic heterocycles. The van der Waals surface area contributed by atoms with Crippen LogP contribution in [0, 0.1) is 5.92 Å². The van der Waals surface area contributed by atoms with Crippen LogP contribution in [0.3, 0.4) is 0 Å². The van der Waals surface area contributed by atoms with Crippen LogP contribution in [0.2, 0.25) is 0 Å². The van der Waals surface area contributed by atoms with Crippen molar-refractivity contribution in [2.24, 2.45) is 11.7 Å². The van der Waals surface area contributed by atoms with Crippen LogP contribution in [0.5, 0.6) is 0 Å². The van der Waals surface area contributed by atoms with E-state index in [-0.39, 0.29) is 6.04 Å². The summed E-state index contributed by atoms with van der Waals surface area (Å²) in [7, 11) is 0. The maximum atomic E-state index is 6.15. The fourth-order valence-electron chi connectivity index (χ4n) is 2.54.